The van der Waals surface area contributed by atoms with Crippen LogP contribution in [0.4, 0.5) is 4.79 Å². The quantitative estimate of drug-likeness (QED) is 0.426. The first-order chi connectivity index (χ1) is 11.4. The molecule has 1 heterocycles. The minimum absolute atomic E-state index is 0.0225. The number of rotatable bonds is 6. The number of urea groups is 1. The van der Waals surface area contributed by atoms with Crippen LogP contribution in [0.1, 0.15) is 5.56 Å². The van der Waals surface area contributed by atoms with Crippen molar-refractivity contribution in [3.8, 4) is 5.75 Å². The van der Waals surface area contributed by atoms with Crippen LogP contribution >= 0.6 is 0 Å². The summed E-state index contributed by atoms with van der Waals surface area (Å²) in [5.41, 5.74) is 0.307. The van der Waals surface area contributed by atoms with E-state index >= 15 is 0 Å². The Kier molecular flexibility index (Phi) is 5.10. The maximum absolute atomic E-state index is 12.2. The molecule has 0 atom stereocenters. The number of amides is 4. The molecular weight excluding hydrogens is 316 g/mol. The highest BCUT2D eigenvalue weighted by atomic mass is 16.5. The van der Waals surface area contributed by atoms with E-state index in [0.29, 0.717) is 11.3 Å². The second-order valence-electron chi connectivity index (χ2n) is 4.75. The van der Waals surface area contributed by atoms with Gasteiger partial charge in [-0.05, 0) is 23.8 Å². The zero-order chi connectivity index (χ0) is 17.7. The van der Waals surface area contributed by atoms with Crippen LogP contribution in [-0.2, 0) is 14.4 Å². The number of carboxylic acids is 1. The number of nitrogens with zero attached hydrogens (tertiary/aromatic N) is 1. The van der Waals surface area contributed by atoms with Gasteiger partial charge in [0.15, 0.2) is 0 Å². The van der Waals surface area contributed by atoms with Crippen molar-refractivity contribution in [3.63, 3.8) is 0 Å². The summed E-state index contributed by atoms with van der Waals surface area (Å²) in [6.45, 7) is 2.85. The van der Waals surface area contributed by atoms with Crippen LogP contribution in [0.2, 0.25) is 0 Å². The third-order valence-corrected chi connectivity index (χ3v) is 3.05. The molecule has 4 amide bonds. The predicted octanol–water partition coefficient (Wildman–Crippen LogP) is -0.537. The van der Waals surface area contributed by atoms with E-state index in [1.54, 1.807) is 0 Å². The van der Waals surface area contributed by atoms with E-state index in [-0.39, 0.29) is 12.1 Å². The molecule has 24 heavy (non-hydrogen) atoms. The van der Waals surface area contributed by atoms with E-state index in [1.165, 1.54) is 36.4 Å². The molecule has 1 aliphatic heterocycles. The lowest BCUT2D eigenvalue weighted by Gasteiger charge is -2.25. The van der Waals surface area contributed by atoms with Gasteiger partial charge in [-0.25, -0.2) is 4.79 Å². The van der Waals surface area contributed by atoms with Crippen LogP contribution in [0.25, 0.3) is 6.08 Å². The molecule has 0 aromatic heterocycles. The minimum atomic E-state index is -1.35. The summed E-state index contributed by atoms with van der Waals surface area (Å²) in [6.07, 6.45) is 2.69. The largest absolute Gasteiger partial charge is 0.546 e. The van der Waals surface area contributed by atoms with Gasteiger partial charge in [-0.1, -0.05) is 18.2 Å². The van der Waals surface area contributed by atoms with Crippen LogP contribution in [0.3, 0.4) is 0 Å². The van der Waals surface area contributed by atoms with Crippen LogP contribution in [-0.4, -0.2) is 41.9 Å². The third-order valence-electron chi connectivity index (χ3n) is 3.05. The van der Waals surface area contributed by atoms with Crippen molar-refractivity contribution in [1.82, 2.24) is 10.2 Å². The van der Waals surface area contributed by atoms with Gasteiger partial charge in [0.1, 0.15) is 17.9 Å². The van der Waals surface area contributed by atoms with Gasteiger partial charge in [-0.2, -0.15) is 0 Å². The highest BCUT2D eigenvalue weighted by Gasteiger charge is 2.34. The summed E-state index contributed by atoms with van der Waals surface area (Å²) in [7, 11) is 0. The monoisotopic (exact) mass is 329 g/mol. The highest BCUT2D eigenvalue weighted by Crippen LogP contribution is 2.17. The van der Waals surface area contributed by atoms with Crippen molar-refractivity contribution in [2.75, 3.05) is 13.2 Å². The Balaban J connectivity index is 2.20. The molecule has 0 aliphatic carbocycles. The number of carbonyl (C=O) groups is 4. The molecule has 1 saturated heterocycles. The van der Waals surface area contributed by atoms with E-state index in [1.807, 2.05) is 0 Å². The molecule has 1 aromatic rings. The normalized spacial score (nSPS) is 16.1. The van der Waals surface area contributed by atoms with Crippen molar-refractivity contribution < 1.29 is 29.0 Å². The topological polar surface area (TPSA) is 116 Å². The van der Waals surface area contributed by atoms with Gasteiger partial charge in [0.2, 0.25) is 0 Å². The summed E-state index contributed by atoms with van der Waals surface area (Å²) in [5.74, 6) is -2.56. The average Bonchev–Trinajstić information content (AvgIpc) is 2.54. The Morgan fingerprint density at radius 3 is 2.50 bits per heavy atom. The third kappa shape index (κ3) is 3.86. The number of aliphatic carboxylic acids is 1. The zero-order valence-electron chi connectivity index (χ0n) is 12.5. The number of ether oxygens (including phenoxy) is 1. The zero-order valence-corrected chi connectivity index (χ0v) is 12.5. The smallest absolute Gasteiger partial charge is 0.331 e. The van der Waals surface area contributed by atoms with Gasteiger partial charge in [0.05, 0.1) is 5.97 Å². The molecule has 124 valence electrons. The molecule has 0 bridgehead atoms. The van der Waals surface area contributed by atoms with Crippen LogP contribution in [0.15, 0.2) is 42.5 Å². The summed E-state index contributed by atoms with van der Waals surface area (Å²) < 4.78 is 4.92. The van der Waals surface area contributed by atoms with Crippen molar-refractivity contribution in [3.05, 3.63) is 48.1 Å². The number of carbonyl (C=O) groups excluding carboxylic acids is 4. The highest BCUT2D eigenvalue weighted by molar-refractivity contribution is 6.31. The van der Waals surface area contributed by atoms with E-state index in [9.17, 15) is 24.3 Å². The Morgan fingerprint density at radius 2 is 1.92 bits per heavy atom. The number of carboxylic acid groups (broad SMARTS) is 1. The lowest BCUT2D eigenvalue weighted by atomic mass is 10.1. The summed E-state index contributed by atoms with van der Waals surface area (Å²) in [6, 6.07) is 5.23. The van der Waals surface area contributed by atoms with Crippen LogP contribution in [0, 0.1) is 0 Å². The Labute approximate surface area is 137 Å². The van der Waals surface area contributed by atoms with Crippen molar-refractivity contribution in [2.24, 2.45) is 0 Å². The van der Waals surface area contributed by atoms with E-state index in [4.69, 9.17) is 4.74 Å². The summed E-state index contributed by atoms with van der Waals surface area (Å²) in [4.78, 5) is 46.8. The number of nitrogens with one attached hydrogen (secondary N) is 1. The van der Waals surface area contributed by atoms with E-state index in [0.717, 1.165) is 4.90 Å². The number of hydrogen-bond donors (Lipinski definition) is 1. The molecule has 1 aromatic carbocycles. The van der Waals surface area contributed by atoms with E-state index in [2.05, 4.69) is 11.9 Å². The maximum Gasteiger partial charge on any atom is 0.331 e. The molecule has 1 aliphatic rings. The Morgan fingerprint density at radius 1 is 1.25 bits per heavy atom. The first kappa shape index (κ1) is 16.9. The van der Waals surface area contributed by atoms with Crippen molar-refractivity contribution in [1.29, 1.82) is 0 Å². The fourth-order valence-corrected chi connectivity index (χ4v) is 1.96. The fourth-order valence-electron chi connectivity index (χ4n) is 1.96. The lowest BCUT2D eigenvalue weighted by Crippen LogP contribution is -2.54. The molecule has 0 saturated carbocycles. The van der Waals surface area contributed by atoms with Gasteiger partial charge in [0.25, 0.3) is 11.8 Å². The standard InChI is InChI=1S/C16H14N2O6/c1-2-7-18-15(22)12(14(21)17-16(18)23)8-10-3-5-11(6-4-10)24-9-13(19)20/h2-6,8H,1,7,9H2,(H,19,20)(H,17,21,23)/p-1/b12-8+. The second kappa shape index (κ2) is 7.23. The van der Waals surface area contributed by atoms with Crippen molar-refractivity contribution >= 4 is 29.9 Å². The molecule has 8 nitrogen and oxygen atoms in total. The van der Waals surface area contributed by atoms with E-state index < -0.39 is 30.4 Å². The van der Waals surface area contributed by atoms with Gasteiger partial charge in [0, 0.05) is 6.54 Å². The summed E-state index contributed by atoms with van der Waals surface area (Å²) in [5, 5.41) is 12.4. The molecular formula is C16H13N2O6-. The second-order valence-corrected chi connectivity index (χ2v) is 4.75. The van der Waals surface area contributed by atoms with Gasteiger partial charge >= 0.3 is 6.03 Å². The molecule has 0 spiro atoms. The molecule has 0 radical (unpaired) electrons. The molecule has 0 unspecified atom stereocenters. The first-order valence-electron chi connectivity index (χ1n) is 6.85. The number of benzene rings is 1. The molecule has 1 fully saturated rings. The number of imide groups is 2. The van der Waals surface area contributed by atoms with Gasteiger partial charge in [-0.15, -0.1) is 6.58 Å². The first-order valence-corrected chi connectivity index (χ1v) is 6.85. The van der Waals surface area contributed by atoms with Gasteiger partial charge in [-0.3, -0.25) is 19.8 Å². The Hall–Kier alpha value is -3.42. The average molecular weight is 329 g/mol. The van der Waals surface area contributed by atoms with Crippen molar-refractivity contribution in [2.45, 2.75) is 0 Å². The minimum Gasteiger partial charge on any atom is -0.546 e. The number of hydrogen-bond acceptors (Lipinski definition) is 6. The summed E-state index contributed by atoms with van der Waals surface area (Å²) >= 11 is 0. The van der Waals surface area contributed by atoms with Crippen LogP contribution in [0.5, 0.6) is 5.75 Å². The lowest BCUT2D eigenvalue weighted by molar-refractivity contribution is -0.307. The molecule has 1 N–H and O–H groups in total. The van der Waals surface area contributed by atoms with Gasteiger partial charge < -0.3 is 14.6 Å². The number of barbiturate groups is 1. The predicted molar refractivity (Wildman–Crippen MR) is 80.4 cm³/mol. The molecule has 8 heteroatoms. The SMILES string of the molecule is C=CCN1C(=O)NC(=O)/C(=C\c2ccc(OCC(=O)[O-])cc2)C1=O. The fraction of sp³-hybridized carbons (Fsp3) is 0.125. The van der Waals surface area contributed by atoms with Crippen LogP contribution < -0.4 is 15.2 Å². The Bertz CT molecular complexity index is 735. The maximum atomic E-state index is 12.2. The molecule has 2 rings (SSSR count).